The van der Waals surface area contributed by atoms with E-state index in [9.17, 15) is 4.79 Å². The van der Waals surface area contributed by atoms with E-state index in [0.717, 1.165) is 29.1 Å². The minimum absolute atomic E-state index is 0.133. The lowest BCUT2D eigenvalue weighted by molar-refractivity contribution is -0.144. The number of nitrogens with zero attached hydrogens (tertiary/aromatic N) is 2. The summed E-state index contributed by atoms with van der Waals surface area (Å²) in [4.78, 5) is 18.1. The minimum atomic E-state index is -0.155. The zero-order valence-electron chi connectivity index (χ0n) is 8.98. The highest BCUT2D eigenvalue weighted by molar-refractivity contribution is 9.10. The van der Waals surface area contributed by atoms with Gasteiger partial charge < -0.3 is 9.64 Å². The average Bonchev–Trinajstić information content (AvgIpc) is 2.85. The first-order valence-corrected chi connectivity index (χ1v) is 6.94. The van der Waals surface area contributed by atoms with Gasteiger partial charge in [0, 0.05) is 11.9 Å². The third kappa shape index (κ3) is 2.38. The van der Waals surface area contributed by atoms with Crippen LogP contribution in [-0.2, 0) is 9.53 Å². The summed E-state index contributed by atoms with van der Waals surface area (Å²) in [6.07, 6.45) is 1.87. The second-order valence-electron chi connectivity index (χ2n) is 3.56. The lowest BCUT2D eigenvalue weighted by atomic mass is 10.2. The van der Waals surface area contributed by atoms with Crippen molar-refractivity contribution in [3.8, 4) is 0 Å². The van der Waals surface area contributed by atoms with Crippen LogP contribution in [-0.4, -0.2) is 30.1 Å². The SMILES string of the molecule is CCOC(=O)C1CCCN1c1nc(Br)cs1. The number of hydrogen-bond acceptors (Lipinski definition) is 5. The lowest BCUT2D eigenvalue weighted by Crippen LogP contribution is -2.37. The van der Waals surface area contributed by atoms with Gasteiger partial charge in [-0.05, 0) is 35.7 Å². The summed E-state index contributed by atoms with van der Waals surface area (Å²) >= 11 is 4.87. The first-order chi connectivity index (χ1) is 7.72. The second kappa shape index (κ2) is 5.14. The fourth-order valence-corrected chi connectivity index (χ4v) is 3.18. The van der Waals surface area contributed by atoms with Crippen molar-refractivity contribution in [3.63, 3.8) is 0 Å². The first kappa shape index (κ1) is 11.9. The molecule has 1 aliphatic heterocycles. The molecule has 2 heterocycles. The van der Waals surface area contributed by atoms with Crippen LogP contribution in [0, 0.1) is 0 Å². The van der Waals surface area contributed by atoms with E-state index in [1.807, 2.05) is 17.2 Å². The summed E-state index contributed by atoms with van der Waals surface area (Å²) in [5.74, 6) is -0.133. The first-order valence-electron chi connectivity index (χ1n) is 5.26. The van der Waals surface area contributed by atoms with Crippen molar-refractivity contribution in [2.24, 2.45) is 0 Å². The Morgan fingerprint density at radius 3 is 3.25 bits per heavy atom. The fourth-order valence-electron chi connectivity index (χ4n) is 1.86. The van der Waals surface area contributed by atoms with E-state index in [0.29, 0.717) is 6.61 Å². The molecule has 6 heteroatoms. The summed E-state index contributed by atoms with van der Waals surface area (Å²) in [5, 5.41) is 2.82. The third-order valence-electron chi connectivity index (χ3n) is 2.52. The Balaban J connectivity index is 2.11. The van der Waals surface area contributed by atoms with Gasteiger partial charge in [0.05, 0.1) is 6.61 Å². The molecular formula is C10H13BrN2O2S. The van der Waals surface area contributed by atoms with Crippen LogP contribution in [0.25, 0.3) is 0 Å². The normalized spacial score (nSPS) is 20.1. The van der Waals surface area contributed by atoms with Gasteiger partial charge in [-0.2, -0.15) is 0 Å². The molecule has 2 rings (SSSR count). The number of halogens is 1. The molecular weight excluding hydrogens is 292 g/mol. The quantitative estimate of drug-likeness (QED) is 0.805. The Kier molecular flexibility index (Phi) is 3.81. The minimum Gasteiger partial charge on any atom is -0.464 e. The smallest absolute Gasteiger partial charge is 0.328 e. The van der Waals surface area contributed by atoms with Crippen molar-refractivity contribution in [1.29, 1.82) is 0 Å². The largest absolute Gasteiger partial charge is 0.464 e. The molecule has 0 radical (unpaired) electrons. The van der Waals surface area contributed by atoms with Crippen molar-refractivity contribution in [2.45, 2.75) is 25.8 Å². The predicted molar refractivity (Wildman–Crippen MR) is 66.8 cm³/mol. The van der Waals surface area contributed by atoms with Crippen LogP contribution in [0.15, 0.2) is 9.98 Å². The van der Waals surface area contributed by atoms with Crippen molar-refractivity contribution < 1.29 is 9.53 Å². The number of carbonyl (C=O) groups is 1. The number of hydrogen-bond donors (Lipinski definition) is 0. The predicted octanol–water partition coefficient (Wildman–Crippen LogP) is 2.44. The van der Waals surface area contributed by atoms with Crippen molar-refractivity contribution in [1.82, 2.24) is 4.98 Å². The van der Waals surface area contributed by atoms with E-state index < -0.39 is 0 Å². The number of aromatic nitrogens is 1. The Bertz CT molecular complexity index is 383. The fraction of sp³-hybridized carbons (Fsp3) is 0.600. The summed E-state index contributed by atoms with van der Waals surface area (Å²) in [6, 6.07) is -0.155. The van der Waals surface area contributed by atoms with E-state index >= 15 is 0 Å². The second-order valence-corrected chi connectivity index (χ2v) is 5.21. The maximum absolute atomic E-state index is 11.7. The Morgan fingerprint density at radius 1 is 1.81 bits per heavy atom. The van der Waals surface area contributed by atoms with Gasteiger partial charge in [0.1, 0.15) is 10.6 Å². The van der Waals surface area contributed by atoms with Gasteiger partial charge in [-0.1, -0.05) is 0 Å². The van der Waals surface area contributed by atoms with Crippen LogP contribution in [0.2, 0.25) is 0 Å². The van der Waals surface area contributed by atoms with Crippen LogP contribution in [0.5, 0.6) is 0 Å². The van der Waals surface area contributed by atoms with Crippen LogP contribution in [0.3, 0.4) is 0 Å². The maximum atomic E-state index is 11.7. The topological polar surface area (TPSA) is 42.4 Å². The Labute approximate surface area is 107 Å². The molecule has 0 aliphatic carbocycles. The summed E-state index contributed by atoms with van der Waals surface area (Å²) in [6.45, 7) is 3.14. The molecule has 0 saturated carbocycles. The summed E-state index contributed by atoms with van der Waals surface area (Å²) in [7, 11) is 0. The molecule has 0 N–H and O–H groups in total. The van der Waals surface area contributed by atoms with Gasteiger partial charge in [0.25, 0.3) is 0 Å². The van der Waals surface area contributed by atoms with Crippen LogP contribution < -0.4 is 4.90 Å². The highest BCUT2D eigenvalue weighted by Crippen LogP contribution is 2.30. The molecule has 1 aliphatic rings. The van der Waals surface area contributed by atoms with Gasteiger partial charge in [0.2, 0.25) is 0 Å². The zero-order valence-corrected chi connectivity index (χ0v) is 11.4. The molecule has 16 heavy (non-hydrogen) atoms. The maximum Gasteiger partial charge on any atom is 0.328 e. The molecule has 88 valence electrons. The monoisotopic (exact) mass is 304 g/mol. The third-order valence-corrected chi connectivity index (χ3v) is 4.11. The Morgan fingerprint density at radius 2 is 2.62 bits per heavy atom. The van der Waals surface area contributed by atoms with Crippen molar-refractivity contribution in [3.05, 3.63) is 9.98 Å². The molecule has 0 bridgehead atoms. The van der Waals surface area contributed by atoms with Gasteiger partial charge >= 0.3 is 5.97 Å². The number of anilines is 1. The van der Waals surface area contributed by atoms with Crippen LogP contribution >= 0.6 is 27.3 Å². The van der Waals surface area contributed by atoms with E-state index in [1.54, 1.807) is 11.3 Å². The Hall–Kier alpha value is -0.620. The van der Waals surface area contributed by atoms with Gasteiger partial charge in [-0.25, -0.2) is 9.78 Å². The molecule has 1 fully saturated rings. The lowest BCUT2D eigenvalue weighted by Gasteiger charge is -2.21. The van der Waals surface area contributed by atoms with Crippen LogP contribution in [0.1, 0.15) is 19.8 Å². The molecule has 1 unspecified atom stereocenters. The van der Waals surface area contributed by atoms with Crippen molar-refractivity contribution in [2.75, 3.05) is 18.1 Å². The molecule has 1 aromatic rings. The zero-order chi connectivity index (χ0) is 11.5. The number of thiazole rings is 1. The highest BCUT2D eigenvalue weighted by atomic mass is 79.9. The standard InChI is InChI=1S/C10H13BrN2O2S/c1-2-15-9(14)7-4-3-5-13(7)10-12-8(11)6-16-10/h6-7H,2-5H2,1H3. The molecule has 0 amide bonds. The molecule has 1 saturated heterocycles. The summed E-state index contributed by atoms with van der Waals surface area (Å²) in [5.41, 5.74) is 0. The average molecular weight is 305 g/mol. The number of carbonyl (C=O) groups excluding carboxylic acids is 1. The van der Waals surface area contributed by atoms with E-state index in [-0.39, 0.29) is 12.0 Å². The molecule has 4 nitrogen and oxygen atoms in total. The van der Waals surface area contributed by atoms with E-state index in [1.165, 1.54) is 0 Å². The van der Waals surface area contributed by atoms with Crippen LogP contribution in [0.4, 0.5) is 5.13 Å². The number of esters is 1. The van der Waals surface area contributed by atoms with Gasteiger partial charge in [-0.15, -0.1) is 11.3 Å². The van der Waals surface area contributed by atoms with Crippen molar-refractivity contribution >= 4 is 38.4 Å². The molecule has 1 aromatic heterocycles. The van der Waals surface area contributed by atoms with Gasteiger partial charge in [0.15, 0.2) is 5.13 Å². The van der Waals surface area contributed by atoms with E-state index in [2.05, 4.69) is 20.9 Å². The molecule has 1 atom stereocenters. The molecule has 0 aromatic carbocycles. The number of rotatable bonds is 3. The summed E-state index contributed by atoms with van der Waals surface area (Å²) < 4.78 is 5.89. The highest BCUT2D eigenvalue weighted by Gasteiger charge is 2.33. The number of ether oxygens (including phenoxy) is 1. The van der Waals surface area contributed by atoms with E-state index in [4.69, 9.17) is 4.74 Å². The molecule has 0 spiro atoms. The van der Waals surface area contributed by atoms with Gasteiger partial charge in [-0.3, -0.25) is 0 Å².